The van der Waals surface area contributed by atoms with Crippen LogP contribution in [0.5, 0.6) is 0 Å². The Balaban J connectivity index is 2.59. The van der Waals surface area contributed by atoms with Gasteiger partial charge in [-0.25, -0.2) is 0 Å². The van der Waals surface area contributed by atoms with Crippen molar-refractivity contribution in [3.63, 3.8) is 0 Å². The van der Waals surface area contributed by atoms with E-state index in [0.29, 0.717) is 0 Å². The minimum atomic E-state index is -0.388. The number of carbonyl (C=O) groups excluding carboxylic acids is 4. The highest BCUT2D eigenvalue weighted by Gasteiger charge is 2.39. The largest absolute Gasteiger partial charge is 0.300 e. The molecule has 0 bridgehead atoms. The molecule has 1 fully saturated rings. The molecule has 0 aromatic heterocycles. The van der Waals surface area contributed by atoms with Crippen molar-refractivity contribution in [1.82, 2.24) is 4.90 Å². The predicted octanol–water partition coefficient (Wildman–Crippen LogP) is 0.415. The third-order valence-electron chi connectivity index (χ3n) is 2.35. The Morgan fingerprint density at radius 3 is 2.59 bits per heavy atom. The van der Waals surface area contributed by atoms with Crippen molar-refractivity contribution in [2.75, 3.05) is 12.3 Å². The van der Waals surface area contributed by atoms with Crippen LogP contribution in [0.3, 0.4) is 0 Å². The van der Waals surface area contributed by atoms with E-state index in [4.69, 9.17) is 0 Å². The molecule has 5 nitrogen and oxygen atoms in total. The van der Waals surface area contributed by atoms with Crippen LogP contribution in [0.4, 0.5) is 0 Å². The maximum Gasteiger partial charge on any atom is 0.243 e. The van der Waals surface area contributed by atoms with E-state index in [0.717, 1.165) is 10.7 Å². The molecule has 0 saturated carbocycles. The molecule has 17 heavy (non-hydrogen) atoms. The lowest BCUT2D eigenvalue weighted by Crippen LogP contribution is -2.36. The quantitative estimate of drug-likeness (QED) is 0.509. The second kappa shape index (κ2) is 5.95. The highest BCUT2D eigenvalue weighted by Crippen LogP contribution is 2.24. The fourth-order valence-corrected chi connectivity index (χ4v) is 2.59. The second-order valence-electron chi connectivity index (χ2n) is 3.88. The first kappa shape index (κ1) is 13.9. The standard InChI is InChI=1S/C11H15NO4S/c1-3-17-9-5-10(15)12(11(9)16)6-8(14)4-7(2)13/h9H,3-6H2,1-2H3. The molecule has 0 N–H and O–H groups in total. The maximum absolute atomic E-state index is 11.8. The lowest BCUT2D eigenvalue weighted by atomic mass is 10.2. The molecule has 1 aliphatic rings. The van der Waals surface area contributed by atoms with Crippen LogP contribution >= 0.6 is 11.8 Å². The third-order valence-corrected chi connectivity index (χ3v) is 3.45. The Labute approximate surface area is 104 Å². The van der Waals surface area contributed by atoms with Gasteiger partial charge in [0.25, 0.3) is 0 Å². The number of ketones is 2. The molecule has 94 valence electrons. The van der Waals surface area contributed by atoms with Gasteiger partial charge in [0.1, 0.15) is 5.78 Å². The second-order valence-corrected chi connectivity index (χ2v) is 5.36. The van der Waals surface area contributed by atoms with Gasteiger partial charge in [0.2, 0.25) is 11.8 Å². The van der Waals surface area contributed by atoms with E-state index in [1.54, 1.807) is 0 Å². The number of thioether (sulfide) groups is 1. The molecule has 0 aromatic rings. The van der Waals surface area contributed by atoms with Gasteiger partial charge in [0, 0.05) is 6.42 Å². The Bertz CT molecular complexity index is 366. The summed E-state index contributed by atoms with van der Waals surface area (Å²) >= 11 is 1.41. The van der Waals surface area contributed by atoms with Crippen LogP contribution in [-0.2, 0) is 19.2 Å². The number of likely N-dealkylation sites (tertiary alicyclic amines) is 1. The lowest BCUT2D eigenvalue weighted by molar-refractivity contribution is -0.142. The summed E-state index contributed by atoms with van der Waals surface area (Å²) in [6.07, 6.45) is -0.0622. The van der Waals surface area contributed by atoms with E-state index >= 15 is 0 Å². The van der Waals surface area contributed by atoms with E-state index in [1.165, 1.54) is 18.7 Å². The van der Waals surface area contributed by atoms with Crippen molar-refractivity contribution in [3.05, 3.63) is 0 Å². The van der Waals surface area contributed by atoms with Crippen LogP contribution in [0.2, 0.25) is 0 Å². The number of carbonyl (C=O) groups is 4. The molecular formula is C11H15NO4S. The molecule has 0 aromatic carbocycles. The van der Waals surface area contributed by atoms with E-state index in [-0.39, 0.29) is 48.0 Å². The normalized spacial score (nSPS) is 19.9. The smallest absolute Gasteiger partial charge is 0.243 e. The molecule has 1 rings (SSSR count). The fourth-order valence-electron chi connectivity index (χ4n) is 1.66. The summed E-state index contributed by atoms with van der Waals surface area (Å²) < 4.78 is 0. The monoisotopic (exact) mass is 257 g/mol. The van der Waals surface area contributed by atoms with Gasteiger partial charge in [-0.15, -0.1) is 11.8 Å². The summed E-state index contributed by atoms with van der Waals surface area (Å²) in [5.41, 5.74) is 0. The predicted molar refractivity (Wildman–Crippen MR) is 63.6 cm³/mol. The van der Waals surface area contributed by atoms with Crippen molar-refractivity contribution >= 4 is 35.1 Å². The first-order valence-corrected chi connectivity index (χ1v) is 6.47. The van der Waals surface area contributed by atoms with Gasteiger partial charge in [-0.1, -0.05) is 6.92 Å². The topological polar surface area (TPSA) is 71.5 Å². The number of hydrogen-bond donors (Lipinski definition) is 0. The van der Waals surface area contributed by atoms with Gasteiger partial charge < -0.3 is 0 Å². The summed E-state index contributed by atoms with van der Waals surface area (Å²) in [7, 11) is 0. The van der Waals surface area contributed by atoms with Crippen molar-refractivity contribution in [2.45, 2.75) is 31.9 Å². The van der Waals surface area contributed by atoms with Gasteiger partial charge in [0.15, 0.2) is 5.78 Å². The van der Waals surface area contributed by atoms with Crippen LogP contribution in [0, 0.1) is 0 Å². The summed E-state index contributed by atoms with van der Waals surface area (Å²) in [6, 6.07) is 0. The molecule has 1 saturated heterocycles. The SMILES string of the molecule is CCSC1CC(=O)N(CC(=O)CC(C)=O)C1=O. The Morgan fingerprint density at radius 1 is 1.41 bits per heavy atom. The van der Waals surface area contributed by atoms with E-state index in [2.05, 4.69) is 0 Å². The van der Waals surface area contributed by atoms with Crippen molar-refractivity contribution in [3.8, 4) is 0 Å². The van der Waals surface area contributed by atoms with Crippen LogP contribution in [0.15, 0.2) is 0 Å². The zero-order chi connectivity index (χ0) is 13.0. The Kier molecular flexibility index (Phi) is 4.86. The van der Waals surface area contributed by atoms with Gasteiger partial charge in [0.05, 0.1) is 18.2 Å². The van der Waals surface area contributed by atoms with E-state index < -0.39 is 0 Å². The van der Waals surface area contributed by atoms with Crippen molar-refractivity contribution < 1.29 is 19.2 Å². The van der Waals surface area contributed by atoms with E-state index in [9.17, 15) is 19.2 Å². The van der Waals surface area contributed by atoms with Crippen molar-refractivity contribution in [1.29, 1.82) is 0 Å². The lowest BCUT2D eigenvalue weighted by Gasteiger charge is -2.13. The third kappa shape index (κ3) is 3.66. The van der Waals surface area contributed by atoms with Crippen LogP contribution in [0.1, 0.15) is 26.7 Å². The van der Waals surface area contributed by atoms with Gasteiger partial charge in [-0.2, -0.15) is 0 Å². The van der Waals surface area contributed by atoms with Gasteiger partial charge >= 0.3 is 0 Å². The zero-order valence-corrected chi connectivity index (χ0v) is 10.7. The number of rotatable bonds is 6. The first-order valence-electron chi connectivity index (χ1n) is 5.42. The number of amides is 2. The van der Waals surface area contributed by atoms with Crippen molar-refractivity contribution in [2.24, 2.45) is 0 Å². The number of imide groups is 1. The average molecular weight is 257 g/mol. The number of nitrogens with zero attached hydrogens (tertiary/aromatic N) is 1. The zero-order valence-electron chi connectivity index (χ0n) is 9.89. The molecule has 0 radical (unpaired) electrons. The van der Waals surface area contributed by atoms with E-state index in [1.807, 2.05) is 6.92 Å². The van der Waals surface area contributed by atoms with Gasteiger partial charge in [-0.3, -0.25) is 24.1 Å². The molecule has 1 heterocycles. The molecule has 1 atom stereocenters. The summed E-state index contributed by atoms with van der Waals surface area (Å²) in [5.74, 6) is -0.523. The molecule has 6 heteroatoms. The summed E-state index contributed by atoms with van der Waals surface area (Å²) in [6.45, 7) is 2.95. The summed E-state index contributed by atoms with van der Waals surface area (Å²) in [5, 5.41) is -0.363. The molecule has 2 amide bonds. The Hall–Kier alpha value is -1.17. The first-order chi connectivity index (χ1) is 7.95. The van der Waals surface area contributed by atoms with Crippen LogP contribution in [0.25, 0.3) is 0 Å². The molecule has 1 unspecified atom stereocenters. The molecule has 0 aliphatic carbocycles. The van der Waals surface area contributed by atoms with Crippen LogP contribution in [-0.4, -0.2) is 45.8 Å². The number of hydrogen-bond acceptors (Lipinski definition) is 5. The molecular weight excluding hydrogens is 242 g/mol. The molecule has 0 spiro atoms. The van der Waals surface area contributed by atoms with Crippen LogP contribution < -0.4 is 0 Å². The maximum atomic E-state index is 11.8. The van der Waals surface area contributed by atoms with Gasteiger partial charge in [-0.05, 0) is 12.7 Å². The minimum Gasteiger partial charge on any atom is -0.300 e. The fraction of sp³-hybridized carbons (Fsp3) is 0.636. The summed E-state index contributed by atoms with van der Waals surface area (Å²) in [4.78, 5) is 46.4. The minimum absolute atomic E-state index is 0.157. The molecule has 1 aliphatic heterocycles. The highest BCUT2D eigenvalue weighted by atomic mass is 32.2. The highest BCUT2D eigenvalue weighted by molar-refractivity contribution is 8.00. The number of Topliss-reactive ketones (excluding diaryl/α,β-unsaturated/α-hetero) is 2. The average Bonchev–Trinajstić information content (AvgIpc) is 2.45. The Morgan fingerprint density at radius 2 is 2.06 bits per heavy atom.